The highest BCUT2D eigenvalue weighted by molar-refractivity contribution is 5.79. The molecule has 0 unspecified atom stereocenters. The van der Waals surface area contributed by atoms with Gasteiger partial charge in [-0.05, 0) is 32.1 Å². The van der Waals surface area contributed by atoms with E-state index in [9.17, 15) is 9.59 Å². The zero-order chi connectivity index (χ0) is 16.2. The second-order valence-electron chi connectivity index (χ2n) is 6.58. The first-order valence-corrected chi connectivity index (χ1v) is 8.54. The van der Waals surface area contributed by atoms with Crippen LogP contribution in [-0.2, 0) is 9.59 Å². The molecular weight excluding hydrogens is 294 g/mol. The van der Waals surface area contributed by atoms with Crippen molar-refractivity contribution < 1.29 is 9.59 Å². The third-order valence-corrected chi connectivity index (χ3v) is 5.00. The molecule has 2 amide bonds. The Bertz CT molecular complexity index is 545. The molecule has 3 heterocycles. The van der Waals surface area contributed by atoms with E-state index in [1.807, 2.05) is 14.5 Å². The van der Waals surface area contributed by atoms with Crippen molar-refractivity contribution in [1.82, 2.24) is 24.6 Å². The quantitative estimate of drug-likeness (QED) is 0.840. The normalized spacial score (nSPS) is 25.4. The molecule has 2 aliphatic heterocycles. The molecule has 126 valence electrons. The zero-order valence-electron chi connectivity index (χ0n) is 13.7. The van der Waals surface area contributed by atoms with Crippen LogP contribution in [0.5, 0.6) is 0 Å². The molecular formula is C16H25N5O2. The first kappa shape index (κ1) is 16.0. The third-order valence-electron chi connectivity index (χ3n) is 5.00. The molecule has 2 fully saturated rings. The number of hydrogen-bond donors (Lipinski definition) is 0. The van der Waals surface area contributed by atoms with Crippen LogP contribution in [-0.4, -0.2) is 62.1 Å². The van der Waals surface area contributed by atoms with Crippen LogP contribution in [0.25, 0.3) is 0 Å². The van der Waals surface area contributed by atoms with Crippen molar-refractivity contribution in [2.24, 2.45) is 0 Å². The van der Waals surface area contributed by atoms with E-state index in [0.717, 1.165) is 45.2 Å². The van der Waals surface area contributed by atoms with Crippen molar-refractivity contribution in [2.45, 2.75) is 57.5 Å². The van der Waals surface area contributed by atoms with Crippen LogP contribution in [0, 0.1) is 0 Å². The van der Waals surface area contributed by atoms with Crippen molar-refractivity contribution in [3.63, 3.8) is 0 Å². The summed E-state index contributed by atoms with van der Waals surface area (Å²) in [6.07, 6.45) is 8.79. The minimum Gasteiger partial charge on any atom is -0.340 e. The second kappa shape index (κ2) is 7.10. The van der Waals surface area contributed by atoms with Crippen molar-refractivity contribution >= 4 is 11.8 Å². The van der Waals surface area contributed by atoms with Gasteiger partial charge in [-0.3, -0.25) is 9.59 Å². The van der Waals surface area contributed by atoms with Crippen LogP contribution in [0.1, 0.15) is 51.5 Å². The monoisotopic (exact) mass is 319 g/mol. The van der Waals surface area contributed by atoms with Crippen molar-refractivity contribution in [1.29, 1.82) is 0 Å². The first-order valence-electron chi connectivity index (χ1n) is 8.54. The summed E-state index contributed by atoms with van der Waals surface area (Å²) in [6, 6.07) is 0.283. The van der Waals surface area contributed by atoms with E-state index in [1.54, 1.807) is 13.3 Å². The molecule has 23 heavy (non-hydrogen) atoms. The van der Waals surface area contributed by atoms with Gasteiger partial charge in [0.1, 0.15) is 12.7 Å². The van der Waals surface area contributed by atoms with E-state index in [-0.39, 0.29) is 23.9 Å². The van der Waals surface area contributed by atoms with Gasteiger partial charge in [-0.1, -0.05) is 0 Å². The lowest BCUT2D eigenvalue weighted by Gasteiger charge is -2.37. The van der Waals surface area contributed by atoms with E-state index >= 15 is 0 Å². The van der Waals surface area contributed by atoms with Gasteiger partial charge in [-0.2, -0.15) is 5.10 Å². The predicted octanol–water partition coefficient (Wildman–Crippen LogP) is 1.23. The zero-order valence-corrected chi connectivity index (χ0v) is 13.7. The summed E-state index contributed by atoms with van der Waals surface area (Å²) in [5.74, 6) is 0.245. The summed E-state index contributed by atoms with van der Waals surface area (Å²) in [4.78, 5) is 32.3. The van der Waals surface area contributed by atoms with E-state index in [2.05, 4.69) is 10.1 Å². The highest BCUT2D eigenvalue weighted by Gasteiger charge is 2.30. The van der Waals surface area contributed by atoms with Gasteiger partial charge in [-0.25, -0.2) is 9.67 Å². The maximum atomic E-state index is 12.7. The van der Waals surface area contributed by atoms with E-state index < -0.39 is 0 Å². The standard InChI is InChI=1S/C16H25N5O2/c1-13(22)20-8-3-2-5-14(20)9-16(23)19-7-4-6-15(10-19)21-12-17-11-18-21/h11-12,14-15H,2-10H2,1H3/t14-,15-/m1/s1. The molecule has 7 nitrogen and oxygen atoms in total. The molecule has 0 aromatic carbocycles. The number of hydrogen-bond acceptors (Lipinski definition) is 4. The van der Waals surface area contributed by atoms with Gasteiger partial charge in [0.05, 0.1) is 6.04 Å². The minimum absolute atomic E-state index is 0.0699. The fraction of sp³-hybridized carbons (Fsp3) is 0.750. The number of likely N-dealkylation sites (tertiary alicyclic amines) is 2. The Morgan fingerprint density at radius 2 is 2.04 bits per heavy atom. The molecule has 0 aliphatic carbocycles. The number of piperidine rings is 2. The number of rotatable bonds is 3. The second-order valence-corrected chi connectivity index (χ2v) is 6.58. The van der Waals surface area contributed by atoms with Gasteiger partial charge < -0.3 is 9.80 Å². The predicted molar refractivity (Wildman–Crippen MR) is 84.5 cm³/mol. The summed E-state index contributed by atoms with van der Waals surface area (Å²) in [5.41, 5.74) is 0. The minimum atomic E-state index is 0.0699. The summed E-state index contributed by atoms with van der Waals surface area (Å²) >= 11 is 0. The van der Waals surface area contributed by atoms with Gasteiger partial charge in [-0.15, -0.1) is 0 Å². The maximum absolute atomic E-state index is 12.7. The van der Waals surface area contributed by atoms with Crippen molar-refractivity contribution in [2.75, 3.05) is 19.6 Å². The molecule has 0 saturated carbocycles. The van der Waals surface area contributed by atoms with Gasteiger partial charge in [0.15, 0.2) is 0 Å². The van der Waals surface area contributed by atoms with Crippen molar-refractivity contribution in [3.8, 4) is 0 Å². The Morgan fingerprint density at radius 1 is 1.17 bits per heavy atom. The smallest absolute Gasteiger partial charge is 0.224 e. The summed E-state index contributed by atoms with van der Waals surface area (Å²) in [7, 11) is 0. The number of nitrogens with zero attached hydrogens (tertiary/aromatic N) is 5. The number of carbonyl (C=O) groups is 2. The van der Waals surface area contributed by atoms with Gasteiger partial charge in [0.25, 0.3) is 0 Å². The Kier molecular flexibility index (Phi) is 4.93. The lowest BCUT2D eigenvalue weighted by molar-refractivity contribution is -0.138. The molecule has 1 aromatic rings. The summed E-state index contributed by atoms with van der Waals surface area (Å²) in [6.45, 7) is 3.88. The molecule has 0 bridgehead atoms. The van der Waals surface area contributed by atoms with Crippen LogP contribution in [0.4, 0.5) is 0 Å². The van der Waals surface area contributed by atoms with E-state index in [0.29, 0.717) is 13.0 Å². The average Bonchev–Trinajstić information content (AvgIpc) is 3.10. The van der Waals surface area contributed by atoms with Crippen LogP contribution < -0.4 is 0 Å². The lowest BCUT2D eigenvalue weighted by Crippen LogP contribution is -2.47. The van der Waals surface area contributed by atoms with Crippen LogP contribution >= 0.6 is 0 Å². The van der Waals surface area contributed by atoms with Crippen LogP contribution in [0.15, 0.2) is 12.7 Å². The van der Waals surface area contributed by atoms with E-state index in [1.165, 1.54) is 6.33 Å². The highest BCUT2D eigenvalue weighted by Crippen LogP contribution is 2.24. The molecule has 7 heteroatoms. The highest BCUT2D eigenvalue weighted by atomic mass is 16.2. The molecule has 3 rings (SSSR count). The van der Waals surface area contributed by atoms with Crippen molar-refractivity contribution in [3.05, 3.63) is 12.7 Å². The molecule has 2 saturated heterocycles. The molecule has 2 aliphatic rings. The van der Waals surface area contributed by atoms with Crippen LogP contribution in [0.2, 0.25) is 0 Å². The topological polar surface area (TPSA) is 71.3 Å². The number of amides is 2. The van der Waals surface area contributed by atoms with E-state index in [4.69, 9.17) is 0 Å². The number of carbonyl (C=O) groups excluding carboxylic acids is 2. The Hall–Kier alpha value is -1.92. The molecule has 0 spiro atoms. The fourth-order valence-electron chi connectivity index (χ4n) is 3.76. The third kappa shape index (κ3) is 3.71. The Labute approximate surface area is 136 Å². The molecule has 0 radical (unpaired) electrons. The Balaban J connectivity index is 1.60. The summed E-state index contributed by atoms with van der Waals surface area (Å²) in [5, 5.41) is 4.20. The number of aromatic nitrogens is 3. The van der Waals surface area contributed by atoms with Gasteiger partial charge >= 0.3 is 0 Å². The SMILES string of the molecule is CC(=O)N1CCCC[C@@H]1CC(=O)N1CCC[C@@H](n2cncn2)C1. The van der Waals surface area contributed by atoms with Gasteiger partial charge in [0.2, 0.25) is 11.8 Å². The fourth-order valence-corrected chi connectivity index (χ4v) is 3.76. The molecule has 2 atom stereocenters. The Morgan fingerprint density at radius 3 is 2.78 bits per heavy atom. The first-order chi connectivity index (χ1) is 11.1. The lowest BCUT2D eigenvalue weighted by atomic mass is 9.97. The molecule has 1 aromatic heterocycles. The largest absolute Gasteiger partial charge is 0.340 e. The van der Waals surface area contributed by atoms with Gasteiger partial charge in [0, 0.05) is 39.0 Å². The molecule has 0 N–H and O–H groups in total. The maximum Gasteiger partial charge on any atom is 0.224 e. The van der Waals surface area contributed by atoms with Crippen LogP contribution in [0.3, 0.4) is 0 Å². The average molecular weight is 319 g/mol. The summed E-state index contributed by atoms with van der Waals surface area (Å²) < 4.78 is 1.85.